The molecule has 1 fully saturated rings. The monoisotopic (exact) mass is 302 g/mol. The number of aliphatic carboxylic acids is 1. The topological polar surface area (TPSA) is 105 Å². The van der Waals surface area contributed by atoms with E-state index in [-0.39, 0.29) is 19.7 Å². The number of urea groups is 1. The number of carboxylic acids is 1. The molecule has 120 valence electrons. The van der Waals surface area contributed by atoms with Crippen molar-refractivity contribution in [2.75, 3.05) is 33.4 Å². The van der Waals surface area contributed by atoms with E-state index in [2.05, 4.69) is 10.1 Å². The molecule has 1 aliphatic rings. The Bertz CT molecular complexity index is 387. The number of rotatable bonds is 6. The van der Waals surface area contributed by atoms with Crippen LogP contribution in [0.25, 0.3) is 0 Å². The molecule has 8 heteroatoms. The molecule has 0 aromatic heterocycles. The molecule has 1 rings (SSSR count). The summed E-state index contributed by atoms with van der Waals surface area (Å²) in [6.07, 6.45) is 1.20. The molecule has 1 saturated heterocycles. The summed E-state index contributed by atoms with van der Waals surface area (Å²) in [6, 6.07) is -1.27. The van der Waals surface area contributed by atoms with E-state index >= 15 is 0 Å². The van der Waals surface area contributed by atoms with Gasteiger partial charge in [-0.25, -0.2) is 9.59 Å². The average Bonchev–Trinajstić information content (AvgIpc) is 2.50. The highest BCUT2D eigenvalue weighted by Gasteiger charge is 2.34. The van der Waals surface area contributed by atoms with Gasteiger partial charge in [-0.2, -0.15) is 0 Å². The molecule has 0 aromatic carbocycles. The van der Waals surface area contributed by atoms with Crippen LogP contribution < -0.4 is 5.32 Å². The first kappa shape index (κ1) is 17.2. The zero-order chi connectivity index (χ0) is 15.8. The Kier molecular flexibility index (Phi) is 6.93. The SMILES string of the molecule is CCCC(CNC(=O)N1CCOCC1C(=O)OC)C(=O)O. The molecule has 1 heterocycles. The van der Waals surface area contributed by atoms with Gasteiger partial charge >= 0.3 is 18.0 Å². The number of morpholine rings is 1. The summed E-state index contributed by atoms with van der Waals surface area (Å²) in [7, 11) is 1.24. The van der Waals surface area contributed by atoms with Gasteiger partial charge in [0.15, 0.2) is 6.04 Å². The van der Waals surface area contributed by atoms with Gasteiger partial charge in [0.25, 0.3) is 0 Å². The Morgan fingerprint density at radius 3 is 2.76 bits per heavy atom. The van der Waals surface area contributed by atoms with Crippen molar-refractivity contribution in [1.82, 2.24) is 10.2 Å². The van der Waals surface area contributed by atoms with Crippen LogP contribution in [0, 0.1) is 5.92 Å². The standard InChI is InChI=1S/C13H22N2O6/c1-3-4-9(11(16)17)7-14-13(19)15-5-6-21-8-10(15)12(18)20-2/h9-10H,3-8H2,1-2H3,(H,14,19)(H,16,17). The number of nitrogens with zero attached hydrogens (tertiary/aromatic N) is 1. The Morgan fingerprint density at radius 2 is 2.19 bits per heavy atom. The van der Waals surface area contributed by atoms with E-state index in [0.29, 0.717) is 13.0 Å². The van der Waals surface area contributed by atoms with E-state index < -0.39 is 29.9 Å². The Balaban J connectivity index is 2.59. The number of carbonyl (C=O) groups is 3. The number of carboxylic acid groups (broad SMARTS) is 1. The summed E-state index contributed by atoms with van der Waals surface area (Å²) in [4.78, 5) is 36.1. The Morgan fingerprint density at radius 1 is 1.48 bits per heavy atom. The summed E-state index contributed by atoms with van der Waals surface area (Å²) in [5.74, 6) is -2.12. The molecular formula is C13H22N2O6. The van der Waals surface area contributed by atoms with Gasteiger partial charge in [-0.15, -0.1) is 0 Å². The van der Waals surface area contributed by atoms with Crippen LogP contribution >= 0.6 is 0 Å². The van der Waals surface area contributed by atoms with Crippen molar-refractivity contribution in [2.24, 2.45) is 5.92 Å². The molecule has 8 nitrogen and oxygen atoms in total. The number of hydrogen-bond donors (Lipinski definition) is 2. The van der Waals surface area contributed by atoms with Crippen molar-refractivity contribution >= 4 is 18.0 Å². The van der Waals surface area contributed by atoms with E-state index in [4.69, 9.17) is 9.84 Å². The molecule has 0 bridgehead atoms. The fourth-order valence-corrected chi connectivity index (χ4v) is 2.15. The van der Waals surface area contributed by atoms with Gasteiger partial charge in [0.2, 0.25) is 0 Å². The van der Waals surface area contributed by atoms with Crippen LogP contribution in [0.5, 0.6) is 0 Å². The fourth-order valence-electron chi connectivity index (χ4n) is 2.15. The minimum Gasteiger partial charge on any atom is -0.481 e. The lowest BCUT2D eigenvalue weighted by Crippen LogP contribution is -2.56. The third kappa shape index (κ3) is 4.89. The highest BCUT2D eigenvalue weighted by molar-refractivity contribution is 5.84. The van der Waals surface area contributed by atoms with Crippen LogP contribution in [0.4, 0.5) is 4.79 Å². The van der Waals surface area contributed by atoms with E-state index in [1.54, 1.807) is 0 Å². The van der Waals surface area contributed by atoms with Gasteiger partial charge in [0, 0.05) is 13.1 Å². The highest BCUT2D eigenvalue weighted by atomic mass is 16.5. The maximum atomic E-state index is 12.1. The van der Waals surface area contributed by atoms with Crippen LogP contribution in [0.2, 0.25) is 0 Å². The molecule has 1 aliphatic heterocycles. The van der Waals surface area contributed by atoms with Crippen molar-refractivity contribution in [3.63, 3.8) is 0 Å². The zero-order valence-electron chi connectivity index (χ0n) is 12.3. The predicted octanol–water partition coefficient (Wildman–Crippen LogP) is 0.0707. The molecule has 0 aliphatic carbocycles. The predicted molar refractivity (Wildman–Crippen MR) is 72.8 cm³/mol. The van der Waals surface area contributed by atoms with Crippen molar-refractivity contribution in [1.29, 1.82) is 0 Å². The molecule has 0 aromatic rings. The summed E-state index contributed by atoms with van der Waals surface area (Å²) in [5.41, 5.74) is 0. The number of carbonyl (C=O) groups excluding carboxylic acids is 2. The lowest BCUT2D eigenvalue weighted by Gasteiger charge is -2.33. The minimum atomic E-state index is -0.941. The maximum Gasteiger partial charge on any atom is 0.331 e. The van der Waals surface area contributed by atoms with Gasteiger partial charge < -0.3 is 24.8 Å². The van der Waals surface area contributed by atoms with E-state index in [0.717, 1.165) is 6.42 Å². The third-order valence-corrected chi connectivity index (χ3v) is 3.35. The molecule has 2 amide bonds. The number of amides is 2. The first-order valence-electron chi connectivity index (χ1n) is 6.94. The van der Waals surface area contributed by atoms with Crippen LogP contribution in [0.1, 0.15) is 19.8 Å². The fraction of sp³-hybridized carbons (Fsp3) is 0.769. The molecule has 0 saturated carbocycles. The smallest absolute Gasteiger partial charge is 0.331 e. The van der Waals surface area contributed by atoms with Gasteiger partial charge in [-0.3, -0.25) is 4.79 Å². The minimum absolute atomic E-state index is 0.0350. The summed E-state index contributed by atoms with van der Waals surface area (Å²) < 4.78 is 9.81. The van der Waals surface area contributed by atoms with Crippen molar-refractivity contribution in [3.8, 4) is 0 Å². The second kappa shape index (κ2) is 8.46. The largest absolute Gasteiger partial charge is 0.481 e. The molecular weight excluding hydrogens is 280 g/mol. The summed E-state index contributed by atoms with van der Waals surface area (Å²) in [6.45, 7) is 2.59. The van der Waals surface area contributed by atoms with Crippen molar-refractivity contribution in [3.05, 3.63) is 0 Å². The molecule has 0 radical (unpaired) electrons. The Hall–Kier alpha value is -1.83. The quantitative estimate of drug-likeness (QED) is 0.673. The number of hydrogen-bond acceptors (Lipinski definition) is 5. The number of nitrogens with one attached hydrogen (secondary N) is 1. The molecule has 2 atom stereocenters. The molecule has 21 heavy (non-hydrogen) atoms. The first-order valence-corrected chi connectivity index (χ1v) is 6.94. The maximum absolute atomic E-state index is 12.1. The van der Waals surface area contributed by atoms with Crippen LogP contribution in [-0.2, 0) is 19.1 Å². The van der Waals surface area contributed by atoms with Crippen molar-refractivity contribution < 1.29 is 29.0 Å². The van der Waals surface area contributed by atoms with Gasteiger partial charge in [0.1, 0.15) is 0 Å². The third-order valence-electron chi connectivity index (χ3n) is 3.35. The number of methoxy groups -OCH3 is 1. The summed E-state index contributed by atoms with van der Waals surface area (Å²) >= 11 is 0. The number of ether oxygens (including phenoxy) is 2. The van der Waals surface area contributed by atoms with Gasteiger partial charge in [-0.1, -0.05) is 13.3 Å². The highest BCUT2D eigenvalue weighted by Crippen LogP contribution is 2.10. The van der Waals surface area contributed by atoms with Crippen molar-refractivity contribution in [2.45, 2.75) is 25.8 Å². The van der Waals surface area contributed by atoms with E-state index in [1.807, 2.05) is 6.92 Å². The summed E-state index contributed by atoms with van der Waals surface area (Å²) in [5, 5.41) is 11.6. The van der Waals surface area contributed by atoms with Gasteiger partial charge in [0.05, 0.1) is 26.2 Å². The second-order valence-corrected chi connectivity index (χ2v) is 4.82. The second-order valence-electron chi connectivity index (χ2n) is 4.82. The first-order chi connectivity index (χ1) is 10.0. The van der Waals surface area contributed by atoms with Gasteiger partial charge in [-0.05, 0) is 6.42 Å². The van der Waals surface area contributed by atoms with E-state index in [1.165, 1.54) is 12.0 Å². The lowest BCUT2D eigenvalue weighted by atomic mass is 10.0. The van der Waals surface area contributed by atoms with Crippen LogP contribution in [0.3, 0.4) is 0 Å². The van der Waals surface area contributed by atoms with E-state index in [9.17, 15) is 14.4 Å². The molecule has 2 N–H and O–H groups in total. The average molecular weight is 302 g/mol. The van der Waals surface area contributed by atoms with Crippen LogP contribution in [0.15, 0.2) is 0 Å². The zero-order valence-corrected chi connectivity index (χ0v) is 12.3. The Labute approximate surface area is 123 Å². The van der Waals surface area contributed by atoms with Crippen LogP contribution in [-0.4, -0.2) is 67.4 Å². The lowest BCUT2D eigenvalue weighted by molar-refractivity contribution is -0.151. The number of esters is 1. The molecule has 2 unspecified atom stereocenters. The normalized spacial score (nSPS) is 19.7. The molecule has 0 spiro atoms.